The highest BCUT2D eigenvalue weighted by Gasteiger charge is 2.27. The van der Waals surface area contributed by atoms with Crippen LogP contribution in [-0.2, 0) is 0 Å². The van der Waals surface area contributed by atoms with E-state index in [0.29, 0.717) is 5.41 Å². The molecule has 0 amide bonds. The van der Waals surface area contributed by atoms with Crippen LogP contribution in [0.1, 0.15) is 46.0 Å². The minimum Gasteiger partial charge on any atom is -0.330 e. The second kappa shape index (κ2) is 5.72. The lowest BCUT2D eigenvalue weighted by molar-refractivity contribution is 0.113. The molecule has 1 saturated heterocycles. The molecule has 14 heavy (non-hydrogen) atoms. The number of nitrogens with two attached hydrogens (primary N) is 1. The minimum atomic E-state index is 0.629. The highest BCUT2D eigenvalue weighted by atomic mass is 15.1. The summed E-state index contributed by atoms with van der Waals surface area (Å²) >= 11 is 0. The van der Waals surface area contributed by atoms with Crippen molar-refractivity contribution in [3.63, 3.8) is 0 Å². The van der Waals surface area contributed by atoms with Crippen molar-refractivity contribution in [1.29, 1.82) is 0 Å². The monoisotopic (exact) mass is 198 g/mol. The standard InChI is InChI=1S/C12H26N2/c1-3-12(2)6-10-14(11-7-12)9-5-4-8-13/h3-11,13H2,1-2H3. The molecule has 2 N–H and O–H groups in total. The summed E-state index contributed by atoms with van der Waals surface area (Å²) in [7, 11) is 0. The summed E-state index contributed by atoms with van der Waals surface area (Å²) in [6.07, 6.45) is 6.56. The molecular formula is C12H26N2. The lowest BCUT2D eigenvalue weighted by Crippen LogP contribution is -2.38. The van der Waals surface area contributed by atoms with Crippen molar-refractivity contribution in [1.82, 2.24) is 4.90 Å². The summed E-state index contributed by atoms with van der Waals surface area (Å²) in [5.41, 5.74) is 6.12. The molecule has 0 aromatic heterocycles. The zero-order valence-corrected chi connectivity index (χ0v) is 9.89. The number of piperidine rings is 1. The number of unbranched alkanes of at least 4 members (excludes halogenated alkanes) is 1. The maximum absolute atomic E-state index is 5.49. The Hall–Kier alpha value is -0.0800. The lowest BCUT2D eigenvalue weighted by atomic mass is 9.78. The average molecular weight is 198 g/mol. The number of nitrogens with zero attached hydrogens (tertiary/aromatic N) is 1. The highest BCUT2D eigenvalue weighted by molar-refractivity contribution is 4.81. The predicted octanol–water partition coefficient (Wildman–Crippen LogP) is 2.24. The fraction of sp³-hybridized carbons (Fsp3) is 1.00. The smallest absolute Gasteiger partial charge is 0.00135 e. The number of hydrogen-bond acceptors (Lipinski definition) is 2. The molecule has 1 aliphatic rings. The highest BCUT2D eigenvalue weighted by Crippen LogP contribution is 2.33. The number of likely N-dealkylation sites (tertiary alicyclic amines) is 1. The maximum atomic E-state index is 5.49. The molecule has 0 atom stereocenters. The Morgan fingerprint density at radius 2 is 1.86 bits per heavy atom. The molecule has 0 aromatic rings. The first-order valence-electron chi connectivity index (χ1n) is 6.12. The van der Waals surface area contributed by atoms with Gasteiger partial charge in [0.2, 0.25) is 0 Å². The van der Waals surface area contributed by atoms with Gasteiger partial charge in [0.1, 0.15) is 0 Å². The van der Waals surface area contributed by atoms with E-state index >= 15 is 0 Å². The molecule has 1 heterocycles. The van der Waals surface area contributed by atoms with Gasteiger partial charge in [-0.3, -0.25) is 0 Å². The van der Waals surface area contributed by atoms with Gasteiger partial charge in [0.05, 0.1) is 0 Å². The van der Waals surface area contributed by atoms with Crippen LogP contribution in [0.5, 0.6) is 0 Å². The molecule has 1 fully saturated rings. The molecule has 0 unspecified atom stereocenters. The quantitative estimate of drug-likeness (QED) is 0.686. The lowest BCUT2D eigenvalue weighted by Gasteiger charge is -2.38. The molecule has 2 nitrogen and oxygen atoms in total. The maximum Gasteiger partial charge on any atom is -0.00135 e. The van der Waals surface area contributed by atoms with Gasteiger partial charge >= 0.3 is 0 Å². The van der Waals surface area contributed by atoms with E-state index in [2.05, 4.69) is 18.7 Å². The first-order chi connectivity index (χ1) is 6.70. The molecule has 0 radical (unpaired) electrons. The minimum absolute atomic E-state index is 0.629. The zero-order valence-electron chi connectivity index (χ0n) is 9.89. The van der Waals surface area contributed by atoms with E-state index in [4.69, 9.17) is 5.73 Å². The molecule has 0 aliphatic carbocycles. The van der Waals surface area contributed by atoms with Gasteiger partial charge in [0.25, 0.3) is 0 Å². The van der Waals surface area contributed by atoms with Gasteiger partial charge in [-0.15, -0.1) is 0 Å². The van der Waals surface area contributed by atoms with Crippen molar-refractivity contribution in [3.8, 4) is 0 Å². The van der Waals surface area contributed by atoms with Crippen LogP contribution < -0.4 is 5.73 Å². The van der Waals surface area contributed by atoms with E-state index in [0.717, 1.165) is 6.54 Å². The van der Waals surface area contributed by atoms with Crippen LogP contribution in [0.3, 0.4) is 0 Å². The van der Waals surface area contributed by atoms with Crippen molar-refractivity contribution in [2.45, 2.75) is 46.0 Å². The Labute approximate surface area is 88.8 Å². The van der Waals surface area contributed by atoms with Gasteiger partial charge in [-0.1, -0.05) is 20.3 Å². The second-order valence-electron chi connectivity index (χ2n) is 5.00. The Balaban J connectivity index is 2.15. The average Bonchev–Trinajstić information content (AvgIpc) is 2.22. The van der Waals surface area contributed by atoms with Crippen molar-refractivity contribution in [3.05, 3.63) is 0 Å². The van der Waals surface area contributed by atoms with Crippen molar-refractivity contribution < 1.29 is 0 Å². The van der Waals surface area contributed by atoms with Gasteiger partial charge in [-0.2, -0.15) is 0 Å². The van der Waals surface area contributed by atoms with Crippen LogP contribution in [0.25, 0.3) is 0 Å². The summed E-state index contributed by atoms with van der Waals surface area (Å²) in [6.45, 7) is 9.47. The summed E-state index contributed by atoms with van der Waals surface area (Å²) < 4.78 is 0. The second-order valence-corrected chi connectivity index (χ2v) is 5.00. The van der Waals surface area contributed by atoms with Crippen LogP contribution in [0.4, 0.5) is 0 Å². The van der Waals surface area contributed by atoms with E-state index in [1.54, 1.807) is 0 Å². The van der Waals surface area contributed by atoms with Crippen molar-refractivity contribution in [2.24, 2.45) is 11.1 Å². The van der Waals surface area contributed by atoms with Crippen LogP contribution in [-0.4, -0.2) is 31.1 Å². The Kier molecular flexibility index (Phi) is 4.90. The number of hydrogen-bond donors (Lipinski definition) is 1. The first-order valence-corrected chi connectivity index (χ1v) is 6.12. The Bertz CT molecular complexity index is 148. The third kappa shape index (κ3) is 3.58. The molecule has 2 heteroatoms. The molecule has 0 bridgehead atoms. The summed E-state index contributed by atoms with van der Waals surface area (Å²) in [6, 6.07) is 0. The summed E-state index contributed by atoms with van der Waals surface area (Å²) in [5.74, 6) is 0. The van der Waals surface area contributed by atoms with E-state index in [1.807, 2.05) is 0 Å². The Morgan fingerprint density at radius 3 is 2.36 bits per heavy atom. The van der Waals surface area contributed by atoms with Crippen LogP contribution in [0.2, 0.25) is 0 Å². The molecule has 0 saturated carbocycles. The molecule has 0 aromatic carbocycles. The van der Waals surface area contributed by atoms with Gasteiger partial charge in [0, 0.05) is 0 Å². The van der Waals surface area contributed by atoms with E-state index in [1.165, 1.54) is 51.7 Å². The van der Waals surface area contributed by atoms with Gasteiger partial charge in [-0.25, -0.2) is 0 Å². The third-order valence-electron chi connectivity index (χ3n) is 3.85. The first kappa shape index (κ1) is 12.0. The SMILES string of the molecule is CCC1(C)CCN(CCCCN)CC1. The van der Waals surface area contributed by atoms with Crippen LogP contribution in [0, 0.1) is 5.41 Å². The van der Waals surface area contributed by atoms with Crippen LogP contribution >= 0.6 is 0 Å². The van der Waals surface area contributed by atoms with Gasteiger partial charge < -0.3 is 10.6 Å². The molecule has 1 rings (SSSR count). The van der Waals surface area contributed by atoms with Gasteiger partial charge in [0.15, 0.2) is 0 Å². The fourth-order valence-corrected chi connectivity index (χ4v) is 2.15. The predicted molar refractivity (Wildman–Crippen MR) is 62.4 cm³/mol. The summed E-state index contributed by atoms with van der Waals surface area (Å²) in [5, 5.41) is 0. The zero-order chi connectivity index (χ0) is 10.4. The molecule has 1 aliphatic heterocycles. The number of rotatable bonds is 5. The molecular weight excluding hydrogens is 172 g/mol. The topological polar surface area (TPSA) is 29.3 Å². The van der Waals surface area contributed by atoms with Crippen molar-refractivity contribution in [2.75, 3.05) is 26.2 Å². The molecule has 0 spiro atoms. The molecule has 84 valence electrons. The fourth-order valence-electron chi connectivity index (χ4n) is 2.15. The Morgan fingerprint density at radius 1 is 1.21 bits per heavy atom. The van der Waals surface area contributed by atoms with E-state index in [9.17, 15) is 0 Å². The van der Waals surface area contributed by atoms with E-state index in [-0.39, 0.29) is 0 Å². The van der Waals surface area contributed by atoms with E-state index < -0.39 is 0 Å². The largest absolute Gasteiger partial charge is 0.330 e. The third-order valence-corrected chi connectivity index (χ3v) is 3.85. The van der Waals surface area contributed by atoms with Crippen LogP contribution in [0.15, 0.2) is 0 Å². The van der Waals surface area contributed by atoms with Crippen molar-refractivity contribution >= 4 is 0 Å². The normalized spacial score (nSPS) is 22.5. The van der Waals surface area contributed by atoms with Gasteiger partial charge in [-0.05, 0) is 57.3 Å². The summed E-state index contributed by atoms with van der Waals surface area (Å²) in [4.78, 5) is 2.60.